The molecule has 0 bridgehead atoms. The first-order chi connectivity index (χ1) is 7.83. The highest BCUT2D eigenvalue weighted by molar-refractivity contribution is 9.10. The molecule has 0 spiro atoms. The van der Waals surface area contributed by atoms with Crippen LogP contribution in [-0.2, 0) is 0 Å². The van der Waals surface area contributed by atoms with Crippen molar-refractivity contribution in [2.75, 3.05) is 11.9 Å². The van der Waals surface area contributed by atoms with Gasteiger partial charge in [-0.05, 0) is 17.5 Å². The monoisotopic (exact) mass is 273 g/mol. The fourth-order valence-electron chi connectivity index (χ4n) is 1.69. The molecule has 2 aromatic carbocycles. The van der Waals surface area contributed by atoms with Gasteiger partial charge in [-0.25, -0.2) is 0 Å². The van der Waals surface area contributed by atoms with Crippen molar-refractivity contribution < 1.29 is 0 Å². The summed E-state index contributed by atoms with van der Waals surface area (Å²) in [5.41, 5.74) is 1.13. The van der Waals surface area contributed by atoms with E-state index < -0.39 is 0 Å². The zero-order valence-electron chi connectivity index (χ0n) is 8.83. The predicted octanol–water partition coefficient (Wildman–Crippen LogP) is 4.04. The molecule has 0 aromatic heterocycles. The third-order valence-electron chi connectivity index (χ3n) is 2.46. The molecule has 2 heteroatoms. The Morgan fingerprint density at radius 2 is 1.88 bits per heavy atom. The smallest absolute Gasteiger partial charge is 0.0420 e. The molecule has 1 N–H and O–H groups in total. The van der Waals surface area contributed by atoms with Crippen molar-refractivity contribution in [3.8, 4) is 12.3 Å². The lowest BCUT2D eigenvalue weighted by Crippen LogP contribution is -2.00. The Morgan fingerprint density at radius 1 is 1.12 bits per heavy atom. The van der Waals surface area contributed by atoms with E-state index in [9.17, 15) is 0 Å². The maximum Gasteiger partial charge on any atom is 0.0420 e. The molecule has 0 atom stereocenters. The maximum atomic E-state index is 5.23. The summed E-state index contributed by atoms with van der Waals surface area (Å²) < 4.78 is 1.12. The molecule has 0 amide bonds. The van der Waals surface area contributed by atoms with Crippen LogP contribution < -0.4 is 5.32 Å². The third-order valence-corrected chi connectivity index (χ3v) is 3.15. The molecule has 16 heavy (non-hydrogen) atoms. The highest BCUT2D eigenvalue weighted by Gasteiger charge is 2.02. The van der Waals surface area contributed by atoms with Crippen LogP contribution in [0.1, 0.15) is 6.42 Å². The predicted molar refractivity (Wildman–Crippen MR) is 73.6 cm³/mol. The molecular weight excluding hydrogens is 262 g/mol. The Hall–Kier alpha value is -1.46. The minimum atomic E-state index is 0.740. The minimum absolute atomic E-state index is 0.740. The summed E-state index contributed by atoms with van der Waals surface area (Å²) in [5.74, 6) is 2.63. The van der Waals surface area contributed by atoms with Crippen LogP contribution in [-0.4, -0.2) is 6.54 Å². The number of nitrogens with one attached hydrogen (secondary N) is 1. The lowest BCUT2D eigenvalue weighted by Gasteiger charge is -2.09. The van der Waals surface area contributed by atoms with Crippen molar-refractivity contribution in [3.63, 3.8) is 0 Å². The van der Waals surface area contributed by atoms with Crippen molar-refractivity contribution in [1.82, 2.24) is 0 Å². The molecule has 0 unspecified atom stereocenters. The van der Waals surface area contributed by atoms with Gasteiger partial charge in [0.1, 0.15) is 0 Å². The molecule has 0 radical (unpaired) electrons. The highest BCUT2D eigenvalue weighted by Crippen LogP contribution is 2.29. The average molecular weight is 274 g/mol. The number of fused-ring (bicyclic) bond motifs is 1. The molecule has 0 aliphatic rings. The first-order valence-electron chi connectivity index (χ1n) is 5.17. The summed E-state index contributed by atoms with van der Waals surface area (Å²) in [6.07, 6.45) is 5.97. The fraction of sp³-hybridized carbons (Fsp3) is 0.143. The second-order valence-corrected chi connectivity index (χ2v) is 4.38. The highest BCUT2D eigenvalue weighted by atomic mass is 79.9. The van der Waals surface area contributed by atoms with Crippen LogP contribution in [0.15, 0.2) is 40.9 Å². The van der Waals surface area contributed by atoms with E-state index in [1.54, 1.807) is 0 Å². The summed E-state index contributed by atoms with van der Waals surface area (Å²) in [6, 6.07) is 12.4. The van der Waals surface area contributed by atoms with Crippen molar-refractivity contribution in [1.29, 1.82) is 0 Å². The lowest BCUT2D eigenvalue weighted by atomic mass is 10.1. The molecular formula is C14H12BrN. The second-order valence-electron chi connectivity index (χ2n) is 3.52. The van der Waals surface area contributed by atoms with Crippen LogP contribution in [0.25, 0.3) is 10.8 Å². The Kier molecular flexibility index (Phi) is 3.48. The molecule has 0 aliphatic carbocycles. The standard InChI is InChI=1S/C14H12BrN/c1-2-3-10-16-14-9-8-13(15)11-6-4-5-7-12(11)14/h1,4-9,16H,3,10H2. The average Bonchev–Trinajstić information content (AvgIpc) is 2.33. The molecule has 0 saturated carbocycles. The van der Waals surface area contributed by atoms with Gasteiger partial charge < -0.3 is 5.32 Å². The van der Waals surface area contributed by atoms with Crippen molar-refractivity contribution >= 4 is 32.4 Å². The summed E-state index contributed by atoms with van der Waals surface area (Å²) in [6.45, 7) is 0.808. The van der Waals surface area contributed by atoms with Gasteiger partial charge in [0.15, 0.2) is 0 Å². The van der Waals surface area contributed by atoms with Gasteiger partial charge in [0, 0.05) is 28.5 Å². The Labute approximate surface area is 104 Å². The first-order valence-corrected chi connectivity index (χ1v) is 5.97. The van der Waals surface area contributed by atoms with E-state index >= 15 is 0 Å². The number of anilines is 1. The van der Waals surface area contributed by atoms with Crippen molar-refractivity contribution in [2.24, 2.45) is 0 Å². The number of hydrogen-bond acceptors (Lipinski definition) is 1. The van der Waals surface area contributed by atoms with Gasteiger partial charge in [-0.1, -0.05) is 40.2 Å². The van der Waals surface area contributed by atoms with E-state index in [2.05, 4.69) is 51.4 Å². The fourth-order valence-corrected chi connectivity index (χ4v) is 2.16. The normalized spacial score (nSPS) is 10.0. The summed E-state index contributed by atoms with van der Waals surface area (Å²) in [5, 5.41) is 5.78. The third kappa shape index (κ3) is 2.20. The zero-order chi connectivity index (χ0) is 11.4. The molecule has 2 aromatic rings. The Bertz CT molecular complexity index is 540. The van der Waals surface area contributed by atoms with Gasteiger partial charge in [-0.3, -0.25) is 0 Å². The van der Waals surface area contributed by atoms with Gasteiger partial charge in [0.05, 0.1) is 0 Å². The van der Waals surface area contributed by atoms with Gasteiger partial charge in [-0.2, -0.15) is 0 Å². The van der Waals surface area contributed by atoms with Crippen LogP contribution in [0.3, 0.4) is 0 Å². The lowest BCUT2D eigenvalue weighted by molar-refractivity contribution is 1.10. The Morgan fingerprint density at radius 3 is 2.62 bits per heavy atom. The summed E-state index contributed by atoms with van der Waals surface area (Å²) in [4.78, 5) is 0. The van der Waals surface area contributed by atoms with Gasteiger partial charge in [0.2, 0.25) is 0 Å². The van der Waals surface area contributed by atoms with Crippen LogP contribution in [0.5, 0.6) is 0 Å². The number of halogens is 1. The van der Waals surface area contributed by atoms with Crippen LogP contribution in [0.4, 0.5) is 5.69 Å². The topological polar surface area (TPSA) is 12.0 Å². The van der Waals surface area contributed by atoms with Crippen LogP contribution in [0.2, 0.25) is 0 Å². The number of terminal acetylenes is 1. The number of rotatable bonds is 3. The summed E-state index contributed by atoms with van der Waals surface area (Å²) >= 11 is 3.55. The minimum Gasteiger partial charge on any atom is -0.384 e. The Balaban J connectivity index is 2.39. The van der Waals surface area contributed by atoms with E-state index in [4.69, 9.17) is 6.42 Å². The molecule has 2 rings (SSSR count). The van der Waals surface area contributed by atoms with E-state index in [0.717, 1.165) is 23.1 Å². The molecule has 0 aliphatic heterocycles. The van der Waals surface area contributed by atoms with Crippen LogP contribution in [0, 0.1) is 12.3 Å². The molecule has 0 fully saturated rings. The zero-order valence-corrected chi connectivity index (χ0v) is 10.4. The first kappa shape index (κ1) is 11.0. The van der Waals surface area contributed by atoms with Gasteiger partial charge >= 0.3 is 0 Å². The van der Waals surface area contributed by atoms with Gasteiger partial charge in [0.25, 0.3) is 0 Å². The maximum absolute atomic E-state index is 5.23. The second kappa shape index (κ2) is 5.05. The largest absolute Gasteiger partial charge is 0.384 e. The van der Waals surface area contributed by atoms with Crippen LogP contribution >= 0.6 is 15.9 Å². The quantitative estimate of drug-likeness (QED) is 0.658. The van der Waals surface area contributed by atoms with E-state index in [1.165, 1.54) is 10.8 Å². The SMILES string of the molecule is C#CCCNc1ccc(Br)c2ccccc12. The van der Waals surface area contributed by atoms with Crippen molar-refractivity contribution in [2.45, 2.75) is 6.42 Å². The molecule has 1 nitrogen and oxygen atoms in total. The number of hydrogen-bond donors (Lipinski definition) is 1. The molecule has 0 heterocycles. The van der Waals surface area contributed by atoms with Crippen molar-refractivity contribution in [3.05, 3.63) is 40.9 Å². The number of benzene rings is 2. The van der Waals surface area contributed by atoms with E-state index in [0.29, 0.717) is 0 Å². The van der Waals surface area contributed by atoms with Gasteiger partial charge in [-0.15, -0.1) is 12.3 Å². The van der Waals surface area contributed by atoms with E-state index in [-0.39, 0.29) is 0 Å². The van der Waals surface area contributed by atoms with E-state index in [1.807, 2.05) is 12.1 Å². The molecule has 80 valence electrons. The summed E-state index contributed by atoms with van der Waals surface area (Å²) in [7, 11) is 0. The molecule has 0 saturated heterocycles.